The molecule has 5 rings (SSSR count). The summed E-state index contributed by atoms with van der Waals surface area (Å²) in [5.74, 6) is 1.43. The molecule has 0 radical (unpaired) electrons. The van der Waals surface area contributed by atoms with E-state index in [0.717, 1.165) is 5.56 Å². The molecule has 39 heavy (non-hydrogen) atoms. The topological polar surface area (TPSA) is 97.5 Å². The molecular formula is C28H31FN8O2. The molecular weight excluding hydrogens is 499 g/mol. The normalized spacial score (nSPS) is 19.3. The number of rotatable bonds is 4. The Labute approximate surface area is 225 Å². The van der Waals surface area contributed by atoms with E-state index in [0.29, 0.717) is 41.7 Å². The second kappa shape index (κ2) is 9.85. The van der Waals surface area contributed by atoms with Gasteiger partial charge in [-0.1, -0.05) is 44.6 Å². The van der Waals surface area contributed by atoms with Crippen LogP contribution < -0.4 is 10.6 Å². The van der Waals surface area contributed by atoms with Gasteiger partial charge in [-0.3, -0.25) is 9.47 Å². The molecule has 1 aliphatic heterocycles. The fraction of sp³-hybridized carbons (Fsp3) is 0.429. The summed E-state index contributed by atoms with van der Waals surface area (Å²) in [7, 11) is 1.65. The number of aryl methyl sites for hydroxylation is 1. The molecule has 0 amide bonds. The van der Waals surface area contributed by atoms with Gasteiger partial charge in [-0.05, 0) is 43.7 Å². The summed E-state index contributed by atoms with van der Waals surface area (Å²) in [6, 6.07) is 9.17. The van der Waals surface area contributed by atoms with Crippen LogP contribution >= 0.6 is 0 Å². The second-order valence-corrected chi connectivity index (χ2v) is 11.1. The lowest BCUT2D eigenvalue weighted by atomic mass is 9.96. The van der Waals surface area contributed by atoms with Gasteiger partial charge in [-0.25, -0.2) is 9.18 Å². The number of nitrogens with zero attached hydrogens (tertiary/aromatic N) is 8. The van der Waals surface area contributed by atoms with E-state index >= 15 is 0 Å². The molecule has 2 unspecified atom stereocenters. The number of halogens is 1. The van der Waals surface area contributed by atoms with Crippen molar-refractivity contribution in [2.75, 3.05) is 18.0 Å². The van der Waals surface area contributed by atoms with Crippen molar-refractivity contribution in [3.05, 3.63) is 81.4 Å². The van der Waals surface area contributed by atoms with Gasteiger partial charge in [0.05, 0.1) is 5.52 Å². The predicted molar refractivity (Wildman–Crippen MR) is 145 cm³/mol. The SMILES string of the molecule is [C-]#[N+]c1ccc2c(n1)c(N1CC(C)N(C(c3ccc(F)cc3)c3nc(C(C)(C)C)no3)C[C@@H]1C)nc(=O)n2C. The van der Waals surface area contributed by atoms with Crippen molar-refractivity contribution >= 4 is 22.7 Å². The first-order valence-corrected chi connectivity index (χ1v) is 12.8. The van der Waals surface area contributed by atoms with Crippen molar-refractivity contribution in [2.45, 2.75) is 58.2 Å². The van der Waals surface area contributed by atoms with E-state index in [-0.39, 0.29) is 34.8 Å². The molecule has 1 fully saturated rings. The molecule has 0 aliphatic carbocycles. The number of fused-ring (bicyclic) bond motifs is 1. The van der Waals surface area contributed by atoms with Crippen molar-refractivity contribution < 1.29 is 8.91 Å². The standard InChI is InChI=1S/C28H31FN8O2/c1-16-15-37(24-22-20(35(7)27(38)32-24)12-13-21(30-6)31-22)17(2)14-36(16)23(18-8-10-19(29)11-9-18)25-33-26(34-39-25)28(3,4)5/h8-13,16-17,23H,14-15H2,1-5,7H3/t16?,17-,23?/m0/s1. The van der Waals surface area contributed by atoms with E-state index in [1.165, 1.54) is 16.7 Å². The highest BCUT2D eigenvalue weighted by atomic mass is 19.1. The van der Waals surface area contributed by atoms with Gasteiger partial charge in [0, 0.05) is 37.6 Å². The zero-order valence-corrected chi connectivity index (χ0v) is 22.9. The summed E-state index contributed by atoms with van der Waals surface area (Å²) >= 11 is 0. The maximum absolute atomic E-state index is 13.8. The first kappa shape index (κ1) is 26.4. The largest absolute Gasteiger partial charge is 0.361 e. The summed E-state index contributed by atoms with van der Waals surface area (Å²) < 4.78 is 21.1. The van der Waals surface area contributed by atoms with Crippen LogP contribution in [-0.2, 0) is 12.5 Å². The third-order valence-electron chi connectivity index (χ3n) is 7.21. The predicted octanol–water partition coefficient (Wildman–Crippen LogP) is 4.39. The van der Waals surface area contributed by atoms with Crippen molar-refractivity contribution in [3.63, 3.8) is 0 Å². The minimum absolute atomic E-state index is 0.0498. The smallest absolute Gasteiger partial charge is 0.350 e. The third-order valence-corrected chi connectivity index (χ3v) is 7.21. The van der Waals surface area contributed by atoms with Crippen molar-refractivity contribution in [3.8, 4) is 0 Å². The second-order valence-electron chi connectivity index (χ2n) is 11.1. The lowest BCUT2D eigenvalue weighted by Gasteiger charge is -2.46. The summed E-state index contributed by atoms with van der Waals surface area (Å²) in [4.78, 5) is 34.2. The number of hydrogen-bond acceptors (Lipinski definition) is 8. The Kier molecular flexibility index (Phi) is 6.68. The monoisotopic (exact) mass is 530 g/mol. The Morgan fingerprint density at radius 3 is 2.41 bits per heavy atom. The molecule has 3 aromatic heterocycles. The third kappa shape index (κ3) is 4.88. The van der Waals surface area contributed by atoms with E-state index in [1.807, 2.05) is 20.8 Å². The van der Waals surface area contributed by atoms with Crippen LogP contribution in [0.1, 0.15) is 57.9 Å². The highest BCUT2D eigenvalue weighted by molar-refractivity contribution is 5.87. The van der Waals surface area contributed by atoms with Crippen LogP contribution in [0.2, 0.25) is 0 Å². The summed E-state index contributed by atoms with van der Waals surface area (Å²) in [5, 5.41) is 4.24. The Bertz CT molecular complexity index is 1620. The number of anilines is 1. The highest BCUT2D eigenvalue weighted by Gasteiger charge is 2.39. The molecule has 0 saturated carbocycles. The Morgan fingerprint density at radius 2 is 1.77 bits per heavy atom. The van der Waals surface area contributed by atoms with Gasteiger partial charge >= 0.3 is 5.69 Å². The van der Waals surface area contributed by atoms with E-state index in [9.17, 15) is 9.18 Å². The minimum atomic E-state index is -0.394. The fourth-order valence-corrected chi connectivity index (χ4v) is 5.04. The van der Waals surface area contributed by atoms with Gasteiger partial charge in [-0.2, -0.15) is 9.97 Å². The van der Waals surface area contributed by atoms with Crippen LogP contribution in [0.15, 0.2) is 45.7 Å². The van der Waals surface area contributed by atoms with Gasteiger partial charge < -0.3 is 14.3 Å². The average molecular weight is 531 g/mol. The number of hydrogen-bond donors (Lipinski definition) is 0. The molecule has 1 aromatic carbocycles. The number of aromatic nitrogens is 5. The van der Waals surface area contributed by atoms with Crippen LogP contribution in [0.3, 0.4) is 0 Å². The molecule has 1 saturated heterocycles. The van der Waals surface area contributed by atoms with Crippen LogP contribution in [0.25, 0.3) is 15.9 Å². The average Bonchev–Trinajstić information content (AvgIpc) is 3.40. The number of piperazine rings is 1. The molecule has 1 aliphatic rings. The van der Waals surface area contributed by atoms with E-state index in [2.05, 4.69) is 43.6 Å². The van der Waals surface area contributed by atoms with Crippen LogP contribution in [-0.4, -0.2) is 54.7 Å². The molecule has 4 heterocycles. The maximum atomic E-state index is 13.8. The molecule has 202 valence electrons. The summed E-state index contributed by atoms with van der Waals surface area (Å²) in [6.45, 7) is 18.7. The molecule has 10 nitrogen and oxygen atoms in total. The first-order valence-electron chi connectivity index (χ1n) is 12.8. The highest BCUT2D eigenvalue weighted by Crippen LogP contribution is 2.36. The van der Waals surface area contributed by atoms with E-state index < -0.39 is 6.04 Å². The first-order chi connectivity index (χ1) is 18.5. The lowest BCUT2D eigenvalue weighted by Crippen LogP contribution is -2.58. The van der Waals surface area contributed by atoms with E-state index in [1.54, 1.807) is 31.3 Å². The zero-order chi connectivity index (χ0) is 28.1. The van der Waals surface area contributed by atoms with Crippen LogP contribution in [0.4, 0.5) is 16.0 Å². The van der Waals surface area contributed by atoms with E-state index in [4.69, 9.17) is 16.1 Å². The molecule has 11 heteroatoms. The molecule has 3 atom stereocenters. The van der Waals surface area contributed by atoms with Gasteiger partial charge in [-0.15, -0.1) is 4.98 Å². The Morgan fingerprint density at radius 1 is 1.05 bits per heavy atom. The Balaban J connectivity index is 1.55. The van der Waals surface area contributed by atoms with Crippen molar-refractivity contribution in [2.24, 2.45) is 7.05 Å². The van der Waals surface area contributed by atoms with Gasteiger partial charge in [0.15, 0.2) is 11.6 Å². The fourth-order valence-electron chi connectivity index (χ4n) is 5.04. The molecule has 0 N–H and O–H groups in total. The summed E-state index contributed by atoms with van der Waals surface area (Å²) in [5.41, 5.74) is 1.29. The maximum Gasteiger partial charge on any atom is 0.350 e. The molecule has 4 aromatic rings. The minimum Gasteiger partial charge on any atom is -0.361 e. The van der Waals surface area contributed by atoms with Gasteiger partial charge in [0.2, 0.25) is 11.4 Å². The Hall–Kier alpha value is -4.17. The number of pyridine rings is 1. The van der Waals surface area contributed by atoms with Crippen molar-refractivity contribution in [1.82, 2.24) is 29.6 Å². The molecule has 0 bridgehead atoms. The quantitative estimate of drug-likeness (QED) is 0.359. The van der Waals surface area contributed by atoms with Crippen LogP contribution in [0, 0.1) is 12.4 Å². The van der Waals surface area contributed by atoms with Gasteiger partial charge in [0.1, 0.15) is 11.9 Å². The van der Waals surface area contributed by atoms with Gasteiger partial charge in [0.25, 0.3) is 5.82 Å². The summed E-state index contributed by atoms with van der Waals surface area (Å²) in [6.07, 6.45) is 0. The van der Waals surface area contributed by atoms with Crippen molar-refractivity contribution in [1.29, 1.82) is 0 Å². The number of benzene rings is 1. The van der Waals surface area contributed by atoms with Crippen LogP contribution in [0.5, 0.6) is 0 Å². The zero-order valence-electron chi connectivity index (χ0n) is 22.9. The molecule has 0 spiro atoms. The lowest BCUT2D eigenvalue weighted by molar-refractivity contribution is 0.109.